The molecule has 5 heteroatoms. The molecule has 0 heterocycles. The standard InChI is InChI=1S/C14H30N2O3/c1-10(2)6-5-7-19-9-12(17)8-16-13(11(3)4)14(15)18/h10-13,16-17H,5-9H2,1-4H3,(H2,15,18). The van der Waals surface area contributed by atoms with Gasteiger partial charge < -0.3 is 20.9 Å². The lowest BCUT2D eigenvalue weighted by molar-refractivity contribution is -0.121. The van der Waals surface area contributed by atoms with Crippen LogP contribution in [-0.2, 0) is 9.53 Å². The van der Waals surface area contributed by atoms with Crippen molar-refractivity contribution in [3.8, 4) is 0 Å². The predicted molar refractivity (Wildman–Crippen MR) is 76.7 cm³/mol. The van der Waals surface area contributed by atoms with E-state index in [4.69, 9.17) is 10.5 Å². The highest BCUT2D eigenvalue weighted by molar-refractivity contribution is 5.80. The van der Waals surface area contributed by atoms with Gasteiger partial charge in [0.1, 0.15) is 0 Å². The second-order valence-electron chi connectivity index (χ2n) is 5.80. The summed E-state index contributed by atoms with van der Waals surface area (Å²) in [7, 11) is 0. The maximum atomic E-state index is 11.2. The monoisotopic (exact) mass is 274 g/mol. The van der Waals surface area contributed by atoms with E-state index in [-0.39, 0.29) is 18.4 Å². The van der Waals surface area contributed by atoms with Gasteiger partial charge in [0.25, 0.3) is 0 Å². The predicted octanol–water partition coefficient (Wildman–Crippen LogP) is 0.900. The van der Waals surface area contributed by atoms with Gasteiger partial charge in [0.2, 0.25) is 5.91 Å². The van der Waals surface area contributed by atoms with E-state index in [1.54, 1.807) is 0 Å². The molecule has 4 N–H and O–H groups in total. The summed E-state index contributed by atoms with van der Waals surface area (Å²) in [6.45, 7) is 9.45. The number of primary amides is 1. The Morgan fingerprint density at radius 1 is 1.32 bits per heavy atom. The van der Waals surface area contributed by atoms with E-state index in [2.05, 4.69) is 19.2 Å². The maximum absolute atomic E-state index is 11.2. The third-order valence-electron chi connectivity index (χ3n) is 2.93. The number of ether oxygens (including phenoxy) is 1. The Labute approximate surface area is 116 Å². The molecule has 0 aromatic rings. The molecule has 0 spiro atoms. The third-order valence-corrected chi connectivity index (χ3v) is 2.93. The largest absolute Gasteiger partial charge is 0.389 e. The molecule has 0 aliphatic rings. The number of amides is 1. The molecule has 5 nitrogen and oxygen atoms in total. The van der Waals surface area contributed by atoms with Gasteiger partial charge in [-0.1, -0.05) is 27.7 Å². The normalized spacial score (nSPS) is 14.9. The van der Waals surface area contributed by atoms with E-state index in [0.29, 0.717) is 19.1 Å². The van der Waals surface area contributed by atoms with Gasteiger partial charge in [-0.15, -0.1) is 0 Å². The molecule has 0 radical (unpaired) electrons. The molecule has 0 bridgehead atoms. The number of hydrogen-bond acceptors (Lipinski definition) is 4. The minimum absolute atomic E-state index is 0.108. The van der Waals surface area contributed by atoms with Gasteiger partial charge in [0, 0.05) is 13.2 Å². The van der Waals surface area contributed by atoms with Crippen molar-refractivity contribution in [2.24, 2.45) is 17.6 Å². The van der Waals surface area contributed by atoms with Crippen LogP contribution in [0, 0.1) is 11.8 Å². The van der Waals surface area contributed by atoms with Crippen LogP contribution >= 0.6 is 0 Å². The Kier molecular flexibility index (Phi) is 9.83. The summed E-state index contributed by atoms with van der Waals surface area (Å²) < 4.78 is 5.39. The van der Waals surface area contributed by atoms with Crippen LogP contribution < -0.4 is 11.1 Å². The second kappa shape index (κ2) is 10.2. The van der Waals surface area contributed by atoms with Gasteiger partial charge in [-0.05, 0) is 24.7 Å². The van der Waals surface area contributed by atoms with Crippen LogP contribution in [0.3, 0.4) is 0 Å². The van der Waals surface area contributed by atoms with Crippen molar-refractivity contribution in [2.45, 2.75) is 52.7 Å². The van der Waals surface area contributed by atoms with Crippen molar-refractivity contribution in [1.82, 2.24) is 5.32 Å². The number of nitrogens with two attached hydrogens (primary N) is 1. The van der Waals surface area contributed by atoms with E-state index < -0.39 is 12.1 Å². The molecule has 114 valence electrons. The van der Waals surface area contributed by atoms with Crippen LogP contribution in [0.1, 0.15) is 40.5 Å². The Morgan fingerprint density at radius 3 is 2.42 bits per heavy atom. The lowest BCUT2D eigenvalue weighted by atomic mass is 10.0. The highest BCUT2D eigenvalue weighted by Crippen LogP contribution is 2.03. The van der Waals surface area contributed by atoms with Crippen molar-refractivity contribution >= 4 is 5.91 Å². The first-order chi connectivity index (χ1) is 8.84. The van der Waals surface area contributed by atoms with E-state index in [1.807, 2.05) is 13.8 Å². The van der Waals surface area contributed by atoms with Crippen molar-refractivity contribution in [3.63, 3.8) is 0 Å². The average molecular weight is 274 g/mol. The lowest BCUT2D eigenvalue weighted by Gasteiger charge is -2.21. The van der Waals surface area contributed by atoms with E-state index >= 15 is 0 Å². The van der Waals surface area contributed by atoms with Crippen molar-refractivity contribution < 1.29 is 14.6 Å². The summed E-state index contributed by atoms with van der Waals surface area (Å²) in [6.07, 6.45) is 1.53. The maximum Gasteiger partial charge on any atom is 0.234 e. The zero-order valence-corrected chi connectivity index (χ0v) is 12.7. The number of carbonyl (C=O) groups is 1. The molecule has 0 aromatic carbocycles. The minimum Gasteiger partial charge on any atom is -0.389 e. The van der Waals surface area contributed by atoms with Crippen molar-refractivity contribution in [2.75, 3.05) is 19.8 Å². The Bertz CT molecular complexity index is 245. The average Bonchev–Trinajstić information content (AvgIpc) is 2.27. The van der Waals surface area contributed by atoms with Crippen LogP contribution in [0.15, 0.2) is 0 Å². The van der Waals surface area contributed by atoms with E-state index in [0.717, 1.165) is 12.8 Å². The summed E-state index contributed by atoms with van der Waals surface area (Å²) in [5.74, 6) is 0.397. The molecular formula is C14H30N2O3. The zero-order valence-electron chi connectivity index (χ0n) is 12.7. The van der Waals surface area contributed by atoms with Gasteiger partial charge in [0.05, 0.1) is 18.8 Å². The quantitative estimate of drug-likeness (QED) is 0.489. The fraction of sp³-hybridized carbons (Fsp3) is 0.929. The first-order valence-electron chi connectivity index (χ1n) is 7.13. The fourth-order valence-corrected chi connectivity index (χ4v) is 1.80. The van der Waals surface area contributed by atoms with Gasteiger partial charge in [-0.25, -0.2) is 0 Å². The highest BCUT2D eigenvalue weighted by atomic mass is 16.5. The van der Waals surface area contributed by atoms with Crippen LogP contribution in [0.2, 0.25) is 0 Å². The number of carbonyl (C=O) groups excluding carboxylic acids is 1. The van der Waals surface area contributed by atoms with E-state index in [1.165, 1.54) is 0 Å². The van der Waals surface area contributed by atoms with Gasteiger partial charge in [0.15, 0.2) is 0 Å². The molecule has 0 aliphatic carbocycles. The number of aliphatic hydroxyl groups is 1. The zero-order chi connectivity index (χ0) is 14.8. The summed E-state index contributed by atoms with van der Waals surface area (Å²) in [6, 6.07) is -0.407. The van der Waals surface area contributed by atoms with Crippen LogP contribution in [-0.4, -0.2) is 42.9 Å². The van der Waals surface area contributed by atoms with Crippen molar-refractivity contribution in [3.05, 3.63) is 0 Å². The minimum atomic E-state index is -0.611. The first-order valence-corrected chi connectivity index (χ1v) is 7.13. The molecule has 2 atom stereocenters. The molecule has 2 unspecified atom stereocenters. The van der Waals surface area contributed by atoms with Crippen LogP contribution in [0.5, 0.6) is 0 Å². The molecule has 0 aromatic heterocycles. The summed E-state index contributed by atoms with van der Waals surface area (Å²) >= 11 is 0. The van der Waals surface area contributed by atoms with Crippen molar-refractivity contribution in [1.29, 1.82) is 0 Å². The highest BCUT2D eigenvalue weighted by Gasteiger charge is 2.19. The number of nitrogens with one attached hydrogen (secondary N) is 1. The van der Waals surface area contributed by atoms with Crippen LogP contribution in [0.25, 0.3) is 0 Å². The molecule has 0 saturated heterocycles. The Hall–Kier alpha value is -0.650. The first kappa shape index (κ1) is 18.4. The molecule has 1 amide bonds. The summed E-state index contributed by atoms with van der Waals surface area (Å²) in [5.41, 5.74) is 5.28. The summed E-state index contributed by atoms with van der Waals surface area (Å²) in [4.78, 5) is 11.2. The SMILES string of the molecule is CC(C)CCCOCC(O)CNC(C(N)=O)C(C)C. The molecule has 0 aliphatic heterocycles. The number of aliphatic hydroxyl groups excluding tert-OH is 1. The van der Waals surface area contributed by atoms with Gasteiger partial charge in [-0.3, -0.25) is 4.79 Å². The topological polar surface area (TPSA) is 84.6 Å². The fourth-order valence-electron chi connectivity index (χ4n) is 1.80. The number of rotatable bonds is 11. The molecule has 0 saturated carbocycles. The second-order valence-corrected chi connectivity index (χ2v) is 5.80. The molecule has 0 rings (SSSR count). The molecule has 0 fully saturated rings. The van der Waals surface area contributed by atoms with Crippen LogP contribution in [0.4, 0.5) is 0 Å². The lowest BCUT2D eigenvalue weighted by Crippen LogP contribution is -2.48. The smallest absolute Gasteiger partial charge is 0.234 e. The van der Waals surface area contributed by atoms with E-state index in [9.17, 15) is 9.90 Å². The third kappa shape index (κ3) is 9.87. The van der Waals surface area contributed by atoms with Gasteiger partial charge >= 0.3 is 0 Å². The summed E-state index contributed by atoms with van der Waals surface area (Å²) in [5, 5.41) is 12.7. The molecule has 19 heavy (non-hydrogen) atoms. The van der Waals surface area contributed by atoms with Gasteiger partial charge in [-0.2, -0.15) is 0 Å². The Balaban J connectivity index is 3.68. The molecular weight excluding hydrogens is 244 g/mol. The Morgan fingerprint density at radius 2 is 1.95 bits per heavy atom. The number of hydrogen-bond donors (Lipinski definition) is 3.